The van der Waals surface area contributed by atoms with Gasteiger partial charge in [0, 0.05) is 31.3 Å². The molecule has 2 aromatic rings. The van der Waals surface area contributed by atoms with Gasteiger partial charge in [-0.3, -0.25) is 4.79 Å². The summed E-state index contributed by atoms with van der Waals surface area (Å²) in [5, 5.41) is 0. The average Bonchev–Trinajstić information content (AvgIpc) is 2.67. The quantitative estimate of drug-likeness (QED) is 0.691. The van der Waals surface area contributed by atoms with Crippen molar-refractivity contribution in [3.8, 4) is 5.75 Å². The molecule has 0 radical (unpaired) electrons. The number of aryl methyl sites for hydroxylation is 1. The highest BCUT2D eigenvalue weighted by Crippen LogP contribution is 2.32. The van der Waals surface area contributed by atoms with E-state index < -0.39 is 0 Å². The molecular formula is C25H28O3. The molecule has 1 fully saturated rings. The van der Waals surface area contributed by atoms with E-state index in [9.17, 15) is 4.79 Å². The van der Waals surface area contributed by atoms with Crippen LogP contribution in [-0.2, 0) is 16.0 Å². The predicted octanol–water partition coefficient (Wildman–Crippen LogP) is 5.69. The van der Waals surface area contributed by atoms with Crippen LogP contribution in [0.4, 0.5) is 0 Å². The molecule has 1 heterocycles. The van der Waals surface area contributed by atoms with Crippen LogP contribution in [0.1, 0.15) is 61.1 Å². The van der Waals surface area contributed by atoms with Crippen molar-refractivity contribution in [2.75, 3.05) is 13.2 Å². The Balaban J connectivity index is 1.59. The van der Waals surface area contributed by atoms with Crippen LogP contribution in [0.25, 0.3) is 5.76 Å². The fourth-order valence-electron chi connectivity index (χ4n) is 4.17. The van der Waals surface area contributed by atoms with Gasteiger partial charge in [0.05, 0.1) is 0 Å². The van der Waals surface area contributed by atoms with Gasteiger partial charge in [-0.1, -0.05) is 42.8 Å². The van der Waals surface area contributed by atoms with Gasteiger partial charge in [-0.2, -0.15) is 0 Å². The summed E-state index contributed by atoms with van der Waals surface area (Å²) >= 11 is 0. The van der Waals surface area contributed by atoms with E-state index in [4.69, 9.17) is 9.47 Å². The first-order valence-electron chi connectivity index (χ1n) is 10.5. The summed E-state index contributed by atoms with van der Waals surface area (Å²) in [6.45, 7) is 1.71. The molecule has 3 nitrogen and oxygen atoms in total. The Morgan fingerprint density at radius 2 is 1.82 bits per heavy atom. The van der Waals surface area contributed by atoms with Crippen LogP contribution in [0.2, 0.25) is 0 Å². The molecule has 0 spiro atoms. The largest absolute Gasteiger partial charge is 0.457 e. The molecule has 1 aliphatic carbocycles. The van der Waals surface area contributed by atoms with Gasteiger partial charge in [-0.25, -0.2) is 0 Å². The van der Waals surface area contributed by atoms with E-state index in [0.717, 1.165) is 50.2 Å². The van der Waals surface area contributed by atoms with Crippen LogP contribution >= 0.6 is 0 Å². The van der Waals surface area contributed by atoms with Crippen molar-refractivity contribution >= 4 is 11.5 Å². The van der Waals surface area contributed by atoms with Crippen LogP contribution in [0, 0.1) is 0 Å². The summed E-state index contributed by atoms with van der Waals surface area (Å²) in [7, 11) is 0. The van der Waals surface area contributed by atoms with Crippen LogP contribution in [0.15, 0.2) is 54.6 Å². The zero-order valence-corrected chi connectivity index (χ0v) is 16.4. The topological polar surface area (TPSA) is 35.5 Å². The number of ether oxygens (including phenoxy) is 2. The number of fused-ring (bicyclic) bond motifs is 1. The molecular weight excluding hydrogens is 348 g/mol. The summed E-state index contributed by atoms with van der Waals surface area (Å²) in [4.78, 5) is 12.3. The summed E-state index contributed by atoms with van der Waals surface area (Å²) in [6.07, 6.45) is 8.62. The number of ketones is 1. The molecule has 2 aliphatic rings. The van der Waals surface area contributed by atoms with Crippen molar-refractivity contribution in [2.45, 2.75) is 50.9 Å². The molecule has 1 atom stereocenters. The lowest BCUT2D eigenvalue weighted by atomic mass is 9.90. The van der Waals surface area contributed by atoms with Crippen LogP contribution in [-0.4, -0.2) is 19.0 Å². The first-order valence-corrected chi connectivity index (χ1v) is 10.5. The molecule has 0 saturated carbocycles. The Hall–Kier alpha value is -2.39. The lowest BCUT2D eigenvalue weighted by molar-refractivity contribution is -0.114. The number of rotatable bonds is 3. The Morgan fingerprint density at radius 1 is 0.893 bits per heavy atom. The van der Waals surface area contributed by atoms with Gasteiger partial charge < -0.3 is 9.47 Å². The van der Waals surface area contributed by atoms with E-state index in [-0.39, 0.29) is 5.78 Å². The van der Waals surface area contributed by atoms with Crippen molar-refractivity contribution in [2.24, 2.45) is 0 Å². The molecule has 0 aromatic heterocycles. The van der Waals surface area contributed by atoms with Crippen molar-refractivity contribution < 1.29 is 14.3 Å². The minimum atomic E-state index is 0.137. The summed E-state index contributed by atoms with van der Waals surface area (Å²) < 4.78 is 12.0. The fraction of sp³-hybridized carbons (Fsp3) is 0.400. The number of carbonyl (C=O) groups excluding carboxylic acids is 1. The van der Waals surface area contributed by atoms with Crippen molar-refractivity contribution in [1.82, 2.24) is 0 Å². The maximum atomic E-state index is 12.3. The lowest BCUT2D eigenvalue weighted by Gasteiger charge is -2.21. The third kappa shape index (κ3) is 4.71. The third-order valence-corrected chi connectivity index (χ3v) is 5.70. The minimum absolute atomic E-state index is 0.137. The molecule has 2 aromatic carbocycles. The average molecular weight is 376 g/mol. The van der Waals surface area contributed by atoms with Gasteiger partial charge in [-0.05, 0) is 61.3 Å². The van der Waals surface area contributed by atoms with Gasteiger partial charge in [0.15, 0.2) is 5.78 Å². The SMILES string of the molecule is O=C1C=C(Oc2cccc(C3CCCCOCC3)c2)c2ccccc2CCC1. The van der Waals surface area contributed by atoms with E-state index in [0.29, 0.717) is 18.1 Å². The Morgan fingerprint density at radius 3 is 2.79 bits per heavy atom. The lowest BCUT2D eigenvalue weighted by Crippen LogP contribution is -2.10. The molecule has 1 aliphatic heterocycles. The second kappa shape index (κ2) is 9.20. The second-order valence-corrected chi connectivity index (χ2v) is 7.75. The zero-order valence-electron chi connectivity index (χ0n) is 16.4. The molecule has 0 bridgehead atoms. The molecule has 0 amide bonds. The Labute approximate surface area is 167 Å². The number of hydrogen-bond donors (Lipinski definition) is 0. The number of carbonyl (C=O) groups is 1. The normalized spacial score (nSPS) is 20.8. The van der Waals surface area contributed by atoms with Gasteiger partial charge in [0.25, 0.3) is 0 Å². The van der Waals surface area contributed by atoms with Crippen LogP contribution < -0.4 is 4.74 Å². The van der Waals surface area contributed by atoms with Crippen molar-refractivity contribution in [3.63, 3.8) is 0 Å². The smallest absolute Gasteiger partial charge is 0.159 e. The zero-order chi connectivity index (χ0) is 19.2. The summed E-state index contributed by atoms with van der Waals surface area (Å²) in [5.74, 6) is 2.11. The monoisotopic (exact) mass is 376 g/mol. The van der Waals surface area contributed by atoms with E-state index >= 15 is 0 Å². The molecule has 3 heteroatoms. The molecule has 0 N–H and O–H groups in total. The Bertz CT molecular complexity index is 844. The third-order valence-electron chi connectivity index (χ3n) is 5.70. The molecule has 146 valence electrons. The van der Waals surface area contributed by atoms with Gasteiger partial charge >= 0.3 is 0 Å². The van der Waals surface area contributed by atoms with Crippen LogP contribution in [0.5, 0.6) is 5.75 Å². The van der Waals surface area contributed by atoms with Gasteiger partial charge in [0.1, 0.15) is 11.5 Å². The molecule has 1 saturated heterocycles. The van der Waals surface area contributed by atoms with E-state index in [2.05, 4.69) is 36.4 Å². The number of benzene rings is 2. The standard InChI is InChI=1S/C25H28O3/c26-22-11-5-9-20-8-1-2-13-24(20)25(18-22)28-23-12-6-10-21(17-23)19-7-3-4-15-27-16-14-19/h1-2,6,8,10,12-13,17-19H,3-5,7,9,11,14-16H2. The second-order valence-electron chi connectivity index (χ2n) is 7.75. The van der Waals surface area contributed by atoms with E-state index in [1.165, 1.54) is 24.0 Å². The van der Waals surface area contributed by atoms with E-state index in [1.54, 1.807) is 6.08 Å². The highest BCUT2D eigenvalue weighted by atomic mass is 16.5. The van der Waals surface area contributed by atoms with Gasteiger partial charge in [0.2, 0.25) is 0 Å². The first kappa shape index (κ1) is 18.9. The first-order chi connectivity index (χ1) is 13.8. The van der Waals surface area contributed by atoms with Gasteiger partial charge in [-0.15, -0.1) is 0 Å². The number of hydrogen-bond acceptors (Lipinski definition) is 3. The summed E-state index contributed by atoms with van der Waals surface area (Å²) in [6, 6.07) is 16.6. The molecule has 1 unspecified atom stereocenters. The van der Waals surface area contributed by atoms with Crippen molar-refractivity contribution in [1.29, 1.82) is 0 Å². The molecule has 28 heavy (non-hydrogen) atoms. The highest BCUT2D eigenvalue weighted by Gasteiger charge is 2.17. The minimum Gasteiger partial charge on any atom is -0.457 e. The van der Waals surface area contributed by atoms with E-state index in [1.807, 2.05) is 12.1 Å². The predicted molar refractivity (Wildman–Crippen MR) is 111 cm³/mol. The van der Waals surface area contributed by atoms with Crippen LogP contribution in [0.3, 0.4) is 0 Å². The maximum Gasteiger partial charge on any atom is 0.159 e. The highest BCUT2D eigenvalue weighted by molar-refractivity contribution is 5.96. The maximum absolute atomic E-state index is 12.3. The summed E-state index contributed by atoms with van der Waals surface area (Å²) in [5.41, 5.74) is 3.57. The fourth-order valence-corrected chi connectivity index (χ4v) is 4.17. The molecule has 4 rings (SSSR count). The van der Waals surface area contributed by atoms with Crippen molar-refractivity contribution in [3.05, 3.63) is 71.3 Å². The number of allylic oxidation sites excluding steroid dienone is 1. The Kier molecular flexibility index (Phi) is 6.23.